The highest BCUT2D eigenvalue weighted by molar-refractivity contribution is 6.50. The summed E-state index contributed by atoms with van der Waals surface area (Å²) in [6.07, 6.45) is 1.37. The smallest absolute Gasteiger partial charge is 0.296 e. The molecule has 9 nitrogen and oxygen atoms in total. The van der Waals surface area contributed by atoms with Gasteiger partial charge >= 0.3 is 0 Å². The van der Waals surface area contributed by atoms with Crippen molar-refractivity contribution in [2.75, 3.05) is 50.8 Å². The monoisotopic (exact) mass is 531 g/mol. The van der Waals surface area contributed by atoms with E-state index in [0.717, 1.165) is 11.3 Å². The molecule has 2 amide bonds. The third-order valence-corrected chi connectivity index (χ3v) is 8.17. The average Bonchev–Trinajstić information content (AvgIpc) is 3.51. The second kappa shape index (κ2) is 9.81. The minimum absolute atomic E-state index is 0.00708. The quantitative estimate of drug-likeness (QED) is 0.348. The number of amides is 2. The van der Waals surface area contributed by atoms with E-state index >= 15 is 0 Å². The summed E-state index contributed by atoms with van der Waals surface area (Å²) in [5.74, 6) is -1.61. The van der Waals surface area contributed by atoms with Crippen molar-refractivity contribution in [3.05, 3.63) is 64.7 Å². The van der Waals surface area contributed by atoms with Crippen LogP contribution in [-0.2, 0) is 31.1 Å². The number of para-hydroxylation sites is 1. The summed E-state index contributed by atoms with van der Waals surface area (Å²) in [4.78, 5) is 47.2. The number of fused-ring (bicyclic) bond motifs is 3. The van der Waals surface area contributed by atoms with Gasteiger partial charge in [0.2, 0.25) is 0 Å². The van der Waals surface area contributed by atoms with Crippen LogP contribution in [-0.4, -0.2) is 84.5 Å². The number of hydrogen-bond donors (Lipinski definition) is 1. The zero-order valence-electron chi connectivity index (χ0n) is 22.3. The van der Waals surface area contributed by atoms with Crippen molar-refractivity contribution in [3.8, 4) is 5.75 Å². The van der Waals surface area contributed by atoms with E-state index in [1.165, 1.54) is 4.90 Å². The van der Waals surface area contributed by atoms with Gasteiger partial charge in [-0.3, -0.25) is 19.3 Å². The fourth-order valence-corrected chi connectivity index (χ4v) is 6.39. The van der Waals surface area contributed by atoms with E-state index < -0.39 is 17.2 Å². The average molecular weight is 532 g/mol. The molecule has 1 spiro atoms. The third-order valence-electron chi connectivity index (χ3n) is 8.17. The maximum atomic E-state index is 14.5. The van der Waals surface area contributed by atoms with Crippen molar-refractivity contribution in [2.24, 2.45) is 0 Å². The molecule has 0 radical (unpaired) electrons. The maximum absolute atomic E-state index is 14.5. The van der Waals surface area contributed by atoms with Gasteiger partial charge in [-0.2, -0.15) is 0 Å². The molecule has 2 aromatic rings. The van der Waals surface area contributed by atoms with E-state index in [-0.39, 0.29) is 29.9 Å². The SMILES string of the molecule is CCCN1C(=O)[C@]2(C(=C(O)c3ccc4c(c3)C[C@@H](C)O4)C(=O)C(=O)N2CCN2CCOCC2)c2ccccc21. The van der Waals surface area contributed by atoms with Crippen molar-refractivity contribution < 1.29 is 29.0 Å². The molecule has 4 aliphatic heterocycles. The van der Waals surface area contributed by atoms with Gasteiger partial charge in [0.05, 0.1) is 24.5 Å². The summed E-state index contributed by atoms with van der Waals surface area (Å²) in [5.41, 5.74) is 0.592. The Hall–Kier alpha value is -3.69. The fraction of sp³-hybridized carbons (Fsp3) is 0.433. The molecule has 6 rings (SSSR count). The van der Waals surface area contributed by atoms with Crippen LogP contribution in [0, 0.1) is 0 Å². The molecule has 39 heavy (non-hydrogen) atoms. The van der Waals surface area contributed by atoms with Crippen LogP contribution in [0.25, 0.3) is 5.76 Å². The minimum atomic E-state index is -1.74. The molecule has 2 saturated heterocycles. The van der Waals surface area contributed by atoms with Gasteiger partial charge in [0.1, 0.15) is 17.6 Å². The molecule has 4 heterocycles. The van der Waals surface area contributed by atoms with Crippen molar-refractivity contribution in [1.82, 2.24) is 9.80 Å². The van der Waals surface area contributed by atoms with Crippen LogP contribution >= 0.6 is 0 Å². The topological polar surface area (TPSA) is 99.6 Å². The van der Waals surface area contributed by atoms with Crippen molar-refractivity contribution >= 4 is 29.0 Å². The Morgan fingerprint density at radius 1 is 1.05 bits per heavy atom. The number of carbonyl (C=O) groups is 3. The Balaban J connectivity index is 1.53. The Labute approximate surface area is 227 Å². The van der Waals surface area contributed by atoms with Gasteiger partial charge in [0.15, 0.2) is 5.54 Å². The molecule has 2 fully saturated rings. The van der Waals surface area contributed by atoms with Gasteiger partial charge in [-0.05, 0) is 43.2 Å². The van der Waals surface area contributed by atoms with Crippen LogP contribution in [0.1, 0.15) is 37.0 Å². The van der Waals surface area contributed by atoms with E-state index in [9.17, 15) is 19.5 Å². The molecule has 0 aliphatic carbocycles. The Bertz CT molecular complexity index is 1380. The van der Waals surface area contributed by atoms with E-state index in [0.29, 0.717) is 69.0 Å². The molecular weight excluding hydrogens is 498 g/mol. The molecule has 2 atom stereocenters. The predicted molar refractivity (Wildman–Crippen MR) is 145 cm³/mol. The Morgan fingerprint density at radius 3 is 2.59 bits per heavy atom. The van der Waals surface area contributed by atoms with Crippen LogP contribution in [0.15, 0.2) is 48.0 Å². The summed E-state index contributed by atoms with van der Waals surface area (Å²) in [7, 11) is 0. The second-order valence-corrected chi connectivity index (χ2v) is 10.6. The van der Waals surface area contributed by atoms with E-state index in [1.807, 2.05) is 26.0 Å². The summed E-state index contributed by atoms with van der Waals surface area (Å²) in [6.45, 7) is 7.62. The number of aliphatic hydroxyl groups is 1. The van der Waals surface area contributed by atoms with Gasteiger partial charge in [0.25, 0.3) is 17.6 Å². The lowest BCUT2D eigenvalue weighted by atomic mass is 9.81. The number of aliphatic hydroxyl groups excluding tert-OH is 1. The number of ketones is 1. The highest BCUT2D eigenvalue weighted by atomic mass is 16.5. The summed E-state index contributed by atoms with van der Waals surface area (Å²) in [6, 6.07) is 12.5. The Morgan fingerprint density at radius 2 is 1.82 bits per heavy atom. The van der Waals surface area contributed by atoms with E-state index in [1.54, 1.807) is 35.2 Å². The third kappa shape index (κ3) is 3.86. The molecule has 0 saturated carbocycles. The van der Waals surface area contributed by atoms with Crippen LogP contribution in [0.5, 0.6) is 5.75 Å². The number of ether oxygens (including phenoxy) is 2. The zero-order chi connectivity index (χ0) is 27.3. The van der Waals surface area contributed by atoms with Gasteiger partial charge in [-0.25, -0.2) is 0 Å². The highest BCUT2D eigenvalue weighted by Crippen LogP contribution is 2.53. The van der Waals surface area contributed by atoms with Crippen molar-refractivity contribution in [1.29, 1.82) is 0 Å². The van der Waals surface area contributed by atoms with Crippen LogP contribution in [0.2, 0.25) is 0 Å². The Kier molecular flexibility index (Phi) is 6.43. The predicted octanol–water partition coefficient (Wildman–Crippen LogP) is 2.67. The number of Topliss-reactive ketones (excluding diaryl/α,β-unsaturated/α-hetero) is 1. The highest BCUT2D eigenvalue weighted by Gasteiger charge is 2.67. The van der Waals surface area contributed by atoms with E-state index in [4.69, 9.17) is 9.47 Å². The molecule has 1 N–H and O–H groups in total. The van der Waals surface area contributed by atoms with Gasteiger partial charge in [-0.15, -0.1) is 0 Å². The molecule has 4 aliphatic rings. The van der Waals surface area contributed by atoms with Crippen LogP contribution in [0.4, 0.5) is 5.69 Å². The standard InChI is InChI=1S/C30H33N3O6/c1-3-10-32-23-7-5-4-6-22(23)30(29(32)37)25(26(34)20-8-9-24-21(18-20)17-19(2)39-24)27(35)28(36)33(30)12-11-31-13-15-38-16-14-31/h4-9,18-19,34H,3,10-17H2,1-2H3/t19-,30-/m1/s1. The number of hydrogen-bond acceptors (Lipinski definition) is 7. The first kappa shape index (κ1) is 25.6. The van der Waals surface area contributed by atoms with Gasteiger partial charge < -0.3 is 24.4 Å². The first-order valence-electron chi connectivity index (χ1n) is 13.7. The number of carbonyl (C=O) groups excluding carboxylic acids is 3. The molecule has 0 unspecified atom stereocenters. The first-order valence-corrected chi connectivity index (χ1v) is 13.7. The van der Waals surface area contributed by atoms with Gasteiger partial charge in [0, 0.05) is 50.3 Å². The largest absolute Gasteiger partial charge is 0.507 e. The number of rotatable bonds is 6. The number of morpholine rings is 1. The lowest BCUT2D eigenvalue weighted by Crippen LogP contribution is -2.54. The van der Waals surface area contributed by atoms with Crippen molar-refractivity contribution in [3.63, 3.8) is 0 Å². The summed E-state index contributed by atoms with van der Waals surface area (Å²) >= 11 is 0. The van der Waals surface area contributed by atoms with Crippen LogP contribution < -0.4 is 9.64 Å². The summed E-state index contributed by atoms with van der Waals surface area (Å²) in [5, 5.41) is 11.8. The maximum Gasteiger partial charge on any atom is 0.296 e. The fourth-order valence-electron chi connectivity index (χ4n) is 6.39. The molecule has 9 heteroatoms. The van der Waals surface area contributed by atoms with Crippen LogP contribution in [0.3, 0.4) is 0 Å². The van der Waals surface area contributed by atoms with Gasteiger partial charge in [-0.1, -0.05) is 25.1 Å². The van der Waals surface area contributed by atoms with E-state index in [2.05, 4.69) is 4.90 Å². The molecule has 204 valence electrons. The molecule has 2 aromatic carbocycles. The minimum Gasteiger partial charge on any atom is -0.507 e. The molecule has 0 aromatic heterocycles. The molecular formula is C30H33N3O6. The number of nitrogens with zero attached hydrogens (tertiary/aromatic N) is 3. The lowest BCUT2D eigenvalue weighted by molar-refractivity contribution is -0.144. The normalized spacial score (nSPS) is 25.9. The second-order valence-electron chi connectivity index (χ2n) is 10.6. The number of anilines is 1. The summed E-state index contributed by atoms with van der Waals surface area (Å²) < 4.78 is 11.3. The lowest BCUT2D eigenvalue weighted by Gasteiger charge is -2.36. The number of benzene rings is 2. The number of likely N-dealkylation sites (tertiary alicyclic amines) is 1. The molecule has 0 bridgehead atoms. The van der Waals surface area contributed by atoms with Crippen molar-refractivity contribution in [2.45, 2.75) is 38.3 Å². The first-order chi connectivity index (χ1) is 18.9. The zero-order valence-corrected chi connectivity index (χ0v) is 22.3.